The van der Waals surface area contributed by atoms with E-state index in [1.807, 2.05) is 67.6 Å². The normalized spacial score (nSPS) is 10.8. The molecule has 32 heavy (non-hydrogen) atoms. The van der Waals surface area contributed by atoms with Gasteiger partial charge in [0.2, 0.25) is 0 Å². The Balaban J connectivity index is 1.67. The van der Waals surface area contributed by atoms with Crippen molar-refractivity contribution in [3.05, 3.63) is 111 Å². The molecule has 0 fully saturated rings. The largest absolute Gasteiger partial charge is 0.497 e. The van der Waals surface area contributed by atoms with Gasteiger partial charge in [-0.25, -0.2) is 0 Å². The third-order valence-corrected chi connectivity index (χ3v) is 5.64. The van der Waals surface area contributed by atoms with Crippen LogP contribution in [0.1, 0.15) is 27.0 Å². The molecular weight excluding hydrogens is 400 g/mol. The molecule has 0 atom stereocenters. The molecule has 0 bridgehead atoms. The van der Waals surface area contributed by atoms with Crippen molar-refractivity contribution < 1.29 is 9.53 Å². The van der Waals surface area contributed by atoms with Gasteiger partial charge in [-0.3, -0.25) is 9.59 Å². The molecule has 0 saturated carbocycles. The molecule has 0 unspecified atom stereocenters. The van der Waals surface area contributed by atoms with Crippen LogP contribution in [-0.4, -0.2) is 29.4 Å². The van der Waals surface area contributed by atoms with Gasteiger partial charge in [-0.1, -0.05) is 54.6 Å². The fourth-order valence-corrected chi connectivity index (χ4v) is 3.85. The number of aryl methyl sites for hydroxylation is 1. The highest BCUT2D eigenvalue weighted by Gasteiger charge is 2.19. The second-order valence-corrected chi connectivity index (χ2v) is 7.86. The highest BCUT2D eigenvalue weighted by Crippen LogP contribution is 2.19. The standard InChI is InChI=1S/C27H26N2O3/c1-19-8-6-11-21-16-23(26(30)28-25(19)21)18-29(15-14-20-9-4-3-5-10-20)27(31)22-12-7-13-24(17-22)32-2/h3-13,16-17H,14-15,18H2,1-2H3,(H,28,30). The first-order valence-corrected chi connectivity index (χ1v) is 10.6. The average Bonchev–Trinajstić information content (AvgIpc) is 2.83. The molecule has 0 radical (unpaired) electrons. The van der Waals surface area contributed by atoms with Crippen molar-refractivity contribution in [1.82, 2.24) is 9.88 Å². The Morgan fingerprint density at radius 2 is 1.75 bits per heavy atom. The monoisotopic (exact) mass is 426 g/mol. The van der Waals surface area contributed by atoms with Crippen LogP contribution in [0.2, 0.25) is 0 Å². The van der Waals surface area contributed by atoms with E-state index in [-0.39, 0.29) is 18.0 Å². The lowest BCUT2D eigenvalue weighted by atomic mass is 10.1. The Hall–Kier alpha value is -3.86. The summed E-state index contributed by atoms with van der Waals surface area (Å²) < 4.78 is 5.29. The van der Waals surface area contributed by atoms with Gasteiger partial charge in [0.05, 0.1) is 19.2 Å². The van der Waals surface area contributed by atoms with Gasteiger partial charge in [-0.15, -0.1) is 0 Å². The van der Waals surface area contributed by atoms with Gasteiger partial charge in [0.1, 0.15) is 5.75 Å². The quantitative estimate of drug-likeness (QED) is 0.465. The Morgan fingerprint density at radius 1 is 0.969 bits per heavy atom. The minimum absolute atomic E-state index is 0.136. The minimum Gasteiger partial charge on any atom is -0.497 e. The molecule has 4 rings (SSSR count). The number of H-pyrrole nitrogens is 1. The predicted molar refractivity (Wildman–Crippen MR) is 127 cm³/mol. The summed E-state index contributed by atoms with van der Waals surface area (Å²) in [6.45, 7) is 2.68. The van der Waals surface area contributed by atoms with Gasteiger partial charge in [-0.2, -0.15) is 0 Å². The van der Waals surface area contributed by atoms with Crippen molar-refractivity contribution >= 4 is 16.8 Å². The Morgan fingerprint density at radius 3 is 2.53 bits per heavy atom. The third-order valence-electron chi connectivity index (χ3n) is 5.64. The van der Waals surface area contributed by atoms with Crippen molar-refractivity contribution in [2.45, 2.75) is 19.9 Å². The molecule has 1 aromatic heterocycles. The number of methoxy groups -OCH3 is 1. The number of benzene rings is 3. The second kappa shape index (κ2) is 9.52. The molecule has 5 heteroatoms. The number of hydrogen-bond donors (Lipinski definition) is 1. The molecule has 1 heterocycles. The number of aromatic amines is 1. The number of fused-ring (bicyclic) bond motifs is 1. The minimum atomic E-state index is -0.171. The lowest BCUT2D eigenvalue weighted by Gasteiger charge is -2.23. The molecule has 4 aromatic rings. The number of nitrogens with one attached hydrogen (secondary N) is 1. The summed E-state index contributed by atoms with van der Waals surface area (Å²) in [6.07, 6.45) is 0.696. The van der Waals surface area contributed by atoms with Gasteiger partial charge >= 0.3 is 0 Å². The molecule has 0 aliphatic carbocycles. The smallest absolute Gasteiger partial charge is 0.254 e. The van der Waals surface area contributed by atoms with Crippen LogP contribution in [0.4, 0.5) is 0 Å². The van der Waals surface area contributed by atoms with E-state index in [0.717, 1.165) is 22.0 Å². The summed E-state index contributed by atoms with van der Waals surface area (Å²) >= 11 is 0. The van der Waals surface area contributed by atoms with Crippen LogP contribution in [0.5, 0.6) is 5.75 Å². The van der Waals surface area contributed by atoms with Gasteiger partial charge < -0.3 is 14.6 Å². The van der Waals surface area contributed by atoms with Crippen molar-refractivity contribution in [1.29, 1.82) is 0 Å². The highest BCUT2D eigenvalue weighted by molar-refractivity contribution is 5.94. The van der Waals surface area contributed by atoms with Gasteiger partial charge in [0.25, 0.3) is 11.5 Å². The molecular formula is C27H26N2O3. The average molecular weight is 427 g/mol. The van der Waals surface area contributed by atoms with E-state index in [1.165, 1.54) is 0 Å². The summed E-state index contributed by atoms with van der Waals surface area (Å²) in [5, 5.41) is 0.955. The maximum absolute atomic E-state index is 13.4. The van der Waals surface area contributed by atoms with Crippen molar-refractivity contribution in [3.8, 4) is 5.75 Å². The van der Waals surface area contributed by atoms with Crippen molar-refractivity contribution in [2.24, 2.45) is 0 Å². The van der Waals surface area contributed by atoms with E-state index in [9.17, 15) is 9.59 Å². The van der Waals surface area contributed by atoms with Crippen molar-refractivity contribution in [3.63, 3.8) is 0 Å². The number of nitrogens with zero attached hydrogens (tertiary/aromatic N) is 1. The molecule has 1 amide bonds. The molecule has 3 aromatic carbocycles. The number of aromatic nitrogens is 1. The predicted octanol–water partition coefficient (Wildman–Crippen LogP) is 4.73. The number of carbonyl (C=O) groups excluding carboxylic acids is 1. The van der Waals surface area contributed by atoms with Crippen LogP contribution in [0.3, 0.4) is 0 Å². The van der Waals surface area contributed by atoms with E-state index in [4.69, 9.17) is 4.74 Å². The fraction of sp³-hybridized carbons (Fsp3) is 0.185. The van der Waals surface area contributed by atoms with Crippen LogP contribution >= 0.6 is 0 Å². The van der Waals surface area contributed by atoms with Gasteiger partial charge in [0.15, 0.2) is 0 Å². The number of amides is 1. The number of ether oxygens (including phenoxy) is 1. The maximum atomic E-state index is 13.4. The summed E-state index contributed by atoms with van der Waals surface area (Å²) in [5.41, 5.74) is 3.91. The number of hydrogen-bond acceptors (Lipinski definition) is 3. The zero-order valence-corrected chi connectivity index (χ0v) is 18.3. The van der Waals surface area contributed by atoms with Crippen LogP contribution in [-0.2, 0) is 13.0 Å². The molecule has 5 nitrogen and oxygen atoms in total. The van der Waals surface area contributed by atoms with Crippen LogP contribution < -0.4 is 10.3 Å². The number of pyridine rings is 1. The first-order valence-electron chi connectivity index (χ1n) is 10.6. The van der Waals surface area contributed by atoms with E-state index >= 15 is 0 Å². The molecule has 0 aliphatic heterocycles. The number of carbonyl (C=O) groups is 1. The third kappa shape index (κ3) is 4.72. The zero-order valence-electron chi connectivity index (χ0n) is 18.3. The topological polar surface area (TPSA) is 62.4 Å². The van der Waals surface area contributed by atoms with Gasteiger partial charge in [0, 0.05) is 17.7 Å². The summed E-state index contributed by atoms with van der Waals surface area (Å²) in [7, 11) is 1.58. The molecule has 0 aliphatic rings. The van der Waals surface area contributed by atoms with Crippen LogP contribution in [0, 0.1) is 6.92 Å². The Bertz CT molecular complexity index is 1300. The second-order valence-electron chi connectivity index (χ2n) is 7.86. The first-order chi connectivity index (χ1) is 15.5. The Labute approximate surface area is 187 Å². The number of rotatable bonds is 7. The summed E-state index contributed by atoms with van der Waals surface area (Å²) in [4.78, 5) is 31.0. The molecule has 0 saturated heterocycles. The maximum Gasteiger partial charge on any atom is 0.254 e. The number of para-hydroxylation sites is 1. The zero-order chi connectivity index (χ0) is 22.5. The van der Waals surface area contributed by atoms with E-state index < -0.39 is 0 Å². The molecule has 1 N–H and O–H groups in total. The molecule has 162 valence electrons. The first kappa shape index (κ1) is 21.4. The summed E-state index contributed by atoms with van der Waals surface area (Å²) in [5.74, 6) is 0.487. The molecule has 0 spiro atoms. The van der Waals surface area contributed by atoms with E-state index in [1.54, 1.807) is 30.2 Å². The highest BCUT2D eigenvalue weighted by atomic mass is 16.5. The summed E-state index contributed by atoms with van der Waals surface area (Å²) in [6, 6.07) is 24.9. The lowest BCUT2D eigenvalue weighted by molar-refractivity contribution is 0.0744. The van der Waals surface area contributed by atoms with Crippen molar-refractivity contribution in [2.75, 3.05) is 13.7 Å². The van der Waals surface area contributed by atoms with Crippen LogP contribution in [0.25, 0.3) is 10.9 Å². The van der Waals surface area contributed by atoms with E-state index in [0.29, 0.717) is 29.8 Å². The SMILES string of the molecule is COc1cccc(C(=O)N(CCc2ccccc2)Cc2cc3cccc(C)c3[nH]c2=O)c1. The van der Waals surface area contributed by atoms with E-state index in [2.05, 4.69) is 4.98 Å². The van der Waals surface area contributed by atoms with Gasteiger partial charge in [-0.05, 0) is 54.1 Å². The Kier molecular flexibility index (Phi) is 6.36. The van der Waals surface area contributed by atoms with Crippen LogP contribution in [0.15, 0.2) is 83.7 Å². The lowest BCUT2D eigenvalue weighted by Crippen LogP contribution is -2.34. The fourth-order valence-electron chi connectivity index (χ4n) is 3.85.